The van der Waals surface area contributed by atoms with Crippen molar-refractivity contribution >= 4 is 32.7 Å². The number of rotatable bonds is 0. The highest BCUT2D eigenvalue weighted by molar-refractivity contribution is 6.06. The van der Waals surface area contributed by atoms with Gasteiger partial charge in [-0.15, -0.1) is 0 Å². The van der Waals surface area contributed by atoms with Gasteiger partial charge in [0.15, 0.2) is 0 Å². The highest BCUT2D eigenvalue weighted by Crippen LogP contribution is 2.27. The molecule has 0 unspecified atom stereocenters. The molecular formula is C18H11FO2. The minimum absolute atomic E-state index is 0.200. The van der Waals surface area contributed by atoms with Gasteiger partial charge in [0.1, 0.15) is 17.0 Å². The Balaban J connectivity index is 2.30. The Labute approximate surface area is 119 Å². The highest BCUT2D eigenvalue weighted by atomic mass is 19.1. The first-order valence-electron chi connectivity index (χ1n) is 6.69. The van der Waals surface area contributed by atoms with Gasteiger partial charge >= 0.3 is 0 Å². The quantitative estimate of drug-likeness (QED) is 0.349. The van der Waals surface area contributed by atoms with E-state index in [1.807, 2.05) is 31.2 Å². The van der Waals surface area contributed by atoms with Crippen LogP contribution in [0.1, 0.15) is 5.56 Å². The lowest BCUT2D eigenvalue weighted by molar-refractivity contribution is 0.624. The molecular weight excluding hydrogens is 267 g/mol. The van der Waals surface area contributed by atoms with Gasteiger partial charge in [0.05, 0.1) is 10.8 Å². The number of hydrogen-bond acceptors (Lipinski definition) is 2. The highest BCUT2D eigenvalue weighted by Gasteiger charge is 2.11. The summed E-state index contributed by atoms with van der Waals surface area (Å²) in [5, 5.41) is 2.66. The average molecular weight is 278 g/mol. The summed E-state index contributed by atoms with van der Waals surface area (Å²) in [4.78, 5) is 12.5. The summed E-state index contributed by atoms with van der Waals surface area (Å²) in [5.74, 6) is -0.439. The normalized spacial score (nSPS) is 11.5. The van der Waals surface area contributed by atoms with Crippen molar-refractivity contribution in [2.75, 3.05) is 0 Å². The number of fused-ring (bicyclic) bond motifs is 4. The Morgan fingerprint density at radius 3 is 2.57 bits per heavy atom. The van der Waals surface area contributed by atoms with Crippen LogP contribution in [0.2, 0.25) is 0 Å². The molecule has 1 heterocycles. The van der Waals surface area contributed by atoms with Crippen LogP contribution in [0.4, 0.5) is 4.39 Å². The van der Waals surface area contributed by atoms with Crippen LogP contribution in [0, 0.1) is 12.7 Å². The summed E-state index contributed by atoms with van der Waals surface area (Å²) in [6.07, 6.45) is 0. The first kappa shape index (κ1) is 12.1. The van der Waals surface area contributed by atoms with Crippen LogP contribution in [0.3, 0.4) is 0 Å². The molecule has 0 atom stereocenters. The smallest absolute Gasteiger partial charge is 0.200 e. The van der Waals surface area contributed by atoms with Crippen molar-refractivity contribution < 1.29 is 8.81 Å². The van der Waals surface area contributed by atoms with Crippen LogP contribution >= 0.6 is 0 Å². The minimum Gasteiger partial charge on any atom is -0.455 e. The zero-order valence-corrected chi connectivity index (χ0v) is 11.3. The van der Waals surface area contributed by atoms with Crippen LogP contribution in [-0.2, 0) is 0 Å². The topological polar surface area (TPSA) is 30.2 Å². The van der Waals surface area contributed by atoms with Gasteiger partial charge in [-0.1, -0.05) is 23.8 Å². The van der Waals surface area contributed by atoms with E-state index < -0.39 is 5.82 Å². The Morgan fingerprint density at radius 1 is 0.905 bits per heavy atom. The van der Waals surface area contributed by atoms with E-state index >= 15 is 0 Å². The lowest BCUT2D eigenvalue weighted by Crippen LogP contribution is -2.02. The summed E-state index contributed by atoms with van der Waals surface area (Å²) in [6, 6.07) is 13.7. The maximum Gasteiger partial charge on any atom is 0.200 e. The van der Waals surface area contributed by atoms with Crippen molar-refractivity contribution in [1.82, 2.24) is 0 Å². The third-order valence-corrected chi connectivity index (χ3v) is 3.77. The standard InChI is InChI=1S/C18H11FO2/c1-10-2-3-11-4-6-13-17(20)15-9-12(19)5-7-16(15)21-18(13)14(11)8-10/h2-9H,1H3. The Kier molecular flexibility index (Phi) is 2.39. The van der Waals surface area contributed by atoms with E-state index in [0.717, 1.165) is 16.3 Å². The number of aryl methyl sites for hydroxylation is 1. The molecule has 0 N–H and O–H groups in total. The van der Waals surface area contributed by atoms with Crippen LogP contribution in [0.25, 0.3) is 32.7 Å². The van der Waals surface area contributed by atoms with Gasteiger partial charge < -0.3 is 4.42 Å². The van der Waals surface area contributed by atoms with Gasteiger partial charge in [-0.2, -0.15) is 0 Å². The van der Waals surface area contributed by atoms with Crippen LogP contribution in [0.15, 0.2) is 57.7 Å². The fraction of sp³-hybridized carbons (Fsp3) is 0.0556. The molecule has 0 aliphatic heterocycles. The van der Waals surface area contributed by atoms with E-state index in [2.05, 4.69) is 0 Å². The van der Waals surface area contributed by atoms with E-state index in [1.54, 1.807) is 6.07 Å². The molecule has 4 rings (SSSR count). The number of hydrogen-bond donors (Lipinski definition) is 0. The molecule has 2 nitrogen and oxygen atoms in total. The zero-order chi connectivity index (χ0) is 14.6. The summed E-state index contributed by atoms with van der Waals surface area (Å²) in [7, 11) is 0. The maximum atomic E-state index is 13.3. The monoisotopic (exact) mass is 278 g/mol. The molecule has 3 heteroatoms. The van der Waals surface area contributed by atoms with Crippen LogP contribution in [0.5, 0.6) is 0 Å². The average Bonchev–Trinajstić information content (AvgIpc) is 2.48. The predicted octanol–water partition coefficient (Wildman–Crippen LogP) is 4.55. The number of benzene rings is 3. The molecule has 0 spiro atoms. The second kappa shape index (κ2) is 4.16. The molecule has 21 heavy (non-hydrogen) atoms. The third kappa shape index (κ3) is 1.74. The first-order valence-corrected chi connectivity index (χ1v) is 6.69. The molecule has 0 saturated carbocycles. The molecule has 0 bridgehead atoms. The lowest BCUT2D eigenvalue weighted by atomic mass is 10.0. The van der Waals surface area contributed by atoms with E-state index in [-0.39, 0.29) is 10.8 Å². The van der Waals surface area contributed by atoms with E-state index in [4.69, 9.17) is 4.42 Å². The van der Waals surface area contributed by atoms with Gasteiger partial charge in [0.25, 0.3) is 0 Å². The number of halogens is 1. The summed E-state index contributed by atoms with van der Waals surface area (Å²) >= 11 is 0. The van der Waals surface area contributed by atoms with E-state index in [9.17, 15) is 9.18 Å². The fourth-order valence-corrected chi connectivity index (χ4v) is 2.72. The summed E-state index contributed by atoms with van der Waals surface area (Å²) in [6.45, 7) is 1.99. The van der Waals surface area contributed by atoms with Crippen molar-refractivity contribution in [2.45, 2.75) is 6.92 Å². The van der Waals surface area contributed by atoms with Gasteiger partial charge in [-0.05, 0) is 42.6 Å². The zero-order valence-electron chi connectivity index (χ0n) is 11.3. The Bertz CT molecular complexity index is 1080. The van der Waals surface area contributed by atoms with Gasteiger partial charge in [0.2, 0.25) is 5.43 Å². The molecule has 4 aromatic rings. The second-order valence-electron chi connectivity index (χ2n) is 5.24. The Hall–Kier alpha value is -2.68. The van der Waals surface area contributed by atoms with Gasteiger partial charge in [-0.25, -0.2) is 4.39 Å². The molecule has 0 fully saturated rings. The van der Waals surface area contributed by atoms with Crippen molar-refractivity contribution in [2.24, 2.45) is 0 Å². The molecule has 0 aliphatic carbocycles. The van der Waals surface area contributed by atoms with Gasteiger partial charge in [0, 0.05) is 5.39 Å². The third-order valence-electron chi connectivity index (χ3n) is 3.77. The van der Waals surface area contributed by atoms with E-state index in [0.29, 0.717) is 16.6 Å². The van der Waals surface area contributed by atoms with Crippen LogP contribution < -0.4 is 5.43 Å². The second-order valence-corrected chi connectivity index (χ2v) is 5.24. The molecule has 0 radical (unpaired) electrons. The molecule has 1 aromatic heterocycles. The predicted molar refractivity (Wildman–Crippen MR) is 82.2 cm³/mol. The maximum absolute atomic E-state index is 13.3. The van der Waals surface area contributed by atoms with Crippen molar-refractivity contribution in [3.63, 3.8) is 0 Å². The van der Waals surface area contributed by atoms with Crippen LogP contribution in [-0.4, -0.2) is 0 Å². The summed E-state index contributed by atoms with van der Waals surface area (Å²) in [5.41, 5.74) is 1.86. The molecule has 0 aliphatic rings. The van der Waals surface area contributed by atoms with Crippen molar-refractivity contribution in [1.29, 1.82) is 0 Å². The molecule has 0 amide bonds. The van der Waals surface area contributed by atoms with E-state index in [1.165, 1.54) is 18.2 Å². The molecule has 102 valence electrons. The van der Waals surface area contributed by atoms with Crippen molar-refractivity contribution in [3.8, 4) is 0 Å². The lowest BCUT2D eigenvalue weighted by Gasteiger charge is -2.06. The molecule has 3 aromatic carbocycles. The SMILES string of the molecule is Cc1ccc2ccc3c(=O)c4cc(F)ccc4oc3c2c1. The fourth-order valence-electron chi connectivity index (χ4n) is 2.72. The van der Waals surface area contributed by atoms with Crippen molar-refractivity contribution in [3.05, 3.63) is 70.1 Å². The van der Waals surface area contributed by atoms with Gasteiger partial charge in [-0.3, -0.25) is 4.79 Å². The molecule has 0 saturated heterocycles. The Morgan fingerprint density at radius 2 is 1.71 bits per heavy atom. The first-order chi connectivity index (χ1) is 10.1. The largest absolute Gasteiger partial charge is 0.455 e. The minimum atomic E-state index is -0.439. The summed E-state index contributed by atoms with van der Waals surface area (Å²) < 4.78 is 19.2.